The Kier molecular flexibility index (Phi) is 5.56. The molecule has 96 valence electrons. The minimum Gasteiger partial charge on any atom is -0.380 e. The fourth-order valence-corrected chi connectivity index (χ4v) is 2.42. The predicted molar refractivity (Wildman–Crippen MR) is 68.8 cm³/mol. The summed E-state index contributed by atoms with van der Waals surface area (Å²) in [5.74, 6) is -0.0595. The first-order valence-electron chi connectivity index (χ1n) is 5.51. The van der Waals surface area contributed by atoms with E-state index in [0.29, 0.717) is 18.6 Å². The van der Waals surface area contributed by atoms with Crippen LogP contribution in [0.15, 0.2) is 41.8 Å². The molecule has 0 aliphatic heterocycles. The highest BCUT2D eigenvalue weighted by Gasteiger charge is 2.13. The first kappa shape index (κ1) is 14.4. The van der Waals surface area contributed by atoms with Crippen LogP contribution < -0.4 is 0 Å². The summed E-state index contributed by atoms with van der Waals surface area (Å²) < 4.78 is 28.9. The Bertz CT molecular complexity index is 526. The first-order valence-corrected chi connectivity index (χ1v) is 7.17. The minimum absolute atomic E-state index is 0.0595. The number of ether oxygens (including phenoxy) is 1. The lowest BCUT2D eigenvalue weighted by atomic mass is 10.2. The fraction of sp³-hybridized carbons (Fsp3) is 0.308. The van der Waals surface area contributed by atoms with E-state index in [9.17, 15) is 8.42 Å². The van der Waals surface area contributed by atoms with Gasteiger partial charge in [-0.05, 0) is 30.7 Å². The Morgan fingerprint density at radius 1 is 1.28 bits per heavy atom. The second-order valence-corrected chi connectivity index (χ2v) is 5.75. The summed E-state index contributed by atoms with van der Waals surface area (Å²) in [4.78, 5) is 0.217. The number of hydrogen-bond acceptors (Lipinski definition) is 4. The van der Waals surface area contributed by atoms with Gasteiger partial charge in [0.05, 0.1) is 35.5 Å². The lowest BCUT2D eigenvalue weighted by molar-refractivity contribution is 0.154. The van der Waals surface area contributed by atoms with Crippen LogP contribution in [0, 0.1) is 11.3 Å². The molecular weight excluding hydrogens is 250 g/mol. The molecule has 0 fully saturated rings. The quantitative estimate of drug-likeness (QED) is 0.558. The van der Waals surface area contributed by atoms with Gasteiger partial charge in [0.1, 0.15) is 0 Å². The van der Waals surface area contributed by atoms with Crippen LogP contribution in [-0.4, -0.2) is 27.4 Å². The lowest BCUT2D eigenvalue weighted by Crippen LogP contribution is -2.12. The van der Waals surface area contributed by atoms with Crippen molar-refractivity contribution in [3.63, 3.8) is 0 Å². The van der Waals surface area contributed by atoms with Crippen molar-refractivity contribution in [2.45, 2.75) is 11.3 Å². The van der Waals surface area contributed by atoms with Crippen LogP contribution in [-0.2, 0) is 14.6 Å². The third-order valence-corrected chi connectivity index (χ3v) is 4.00. The molecule has 0 amide bonds. The topological polar surface area (TPSA) is 67.2 Å². The van der Waals surface area contributed by atoms with Gasteiger partial charge in [0, 0.05) is 0 Å². The Hall–Kier alpha value is -1.64. The van der Waals surface area contributed by atoms with Crippen LogP contribution in [0.2, 0.25) is 0 Å². The molecule has 1 rings (SSSR count). The van der Waals surface area contributed by atoms with Gasteiger partial charge in [-0.1, -0.05) is 6.08 Å². The molecule has 0 aromatic heterocycles. The summed E-state index contributed by atoms with van der Waals surface area (Å²) in [6, 6.07) is 7.81. The molecule has 0 spiro atoms. The number of sulfone groups is 1. The molecule has 4 nitrogen and oxygen atoms in total. The van der Waals surface area contributed by atoms with E-state index in [4.69, 9.17) is 10.00 Å². The second-order valence-electron chi connectivity index (χ2n) is 3.64. The summed E-state index contributed by atoms with van der Waals surface area (Å²) in [6.07, 6.45) is 2.42. The SMILES string of the molecule is C=CCCOCCS(=O)(=O)c1ccc(C#N)cc1. The summed E-state index contributed by atoms with van der Waals surface area (Å²) in [5, 5.41) is 8.63. The van der Waals surface area contributed by atoms with E-state index in [0.717, 1.165) is 0 Å². The zero-order valence-corrected chi connectivity index (χ0v) is 10.8. The van der Waals surface area contributed by atoms with E-state index in [-0.39, 0.29) is 17.3 Å². The van der Waals surface area contributed by atoms with Crippen LogP contribution in [0.1, 0.15) is 12.0 Å². The van der Waals surface area contributed by atoms with Crippen molar-refractivity contribution < 1.29 is 13.2 Å². The van der Waals surface area contributed by atoms with E-state index in [1.165, 1.54) is 24.3 Å². The predicted octanol–water partition coefficient (Wildman–Crippen LogP) is 1.92. The van der Waals surface area contributed by atoms with E-state index < -0.39 is 9.84 Å². The standard InChI is InChI=1S/C13H15NO3S/c1-2-3-8-17-9-10-18(15,16)13-6-4-12(11-14)5-7-13/h2,4-7H,1,3,8-10H2. The van der Waals surface area contributed by atoms with Crippen LogP contribution >= 0.6 is 0 Å². The van der Waals surface area contributed by atoms with E-state index in [2.05, 4.69) is 6.58 Å². The van der Waals surface area contributed by atoms with Gasteiger partial charge in [-0.2, -0.15) is 5.26 Å². The number of rotatable bonds is 7. The number of nitriles is 1. The van der Waals surface area contributed by atoms with Crippen molar-refractivity contribution in [2.24, 2.45) is 0 Å². The van der Waals surface area contributed by atoms with Gasteiger partial charge < -0.3 is 4.74 Å². The maximum atomic E-state index is 11.9. The summed E-state index contributed by atoms with van der Waals surface area (Å²) in [6.45, 7) is 4.19. The third kappa shape index (κ3) is 4.32. The monoisotopic (exact) mass is 265 g/mol. The highest BCUT2D eigenvalue weighted by molar-refractivity contribution is 7.91. The van der Waals surface area contributed by atoms with E-state index in [1.54, 1.807) is 6.08 Å². The lowest BCUT2D eigenvalue weighted by Gasteiger charge is -2.05. The molecule has 0 saturated carbocycles. The molecule has 1 aromatic rings. The molecular formula is C13H15NO3S. The van der Waals surface area contributed by atoms with Gasteiger partial charge in [-0.15, -0.1) is 6.58 Å². The molecule has 0 aliphatic carbocycles. The number of benzene rings is 1. The molecule has 18 heavy (non-hydrogen) atoms. The smallest absolute Gasteiger partial charge is 0.180 e. The fourth-order valence-electron chi connectivity index (χ4n) is 1.29. The molecule has 0 saturated heterocycles. The normalized spacial score (nSPS) is 10.8. The molecule has 5 heteroatoms. The van der Waals surface area contributed by atoms with Crippen LogP contribution in [0.4, 0.5) is 0 Å². The van der Waals surface area contributed by atoms with Gasteiger partial charge in [0.2, 0.25) is 0 Å². The maximum Gasteiger partial charge on any atom is 0.180 e. The molecule has 0 bridgehead atoms. The van der Waals surface area contributed by atoms with E-state index >= 15 is 0 Å². The zero-order valence-electron chi connectivity index (χ0n) is 10.0. The second kappa shape index (κ2) is 6.94. The van der Waals surface area contributed by atoms with Crippen LogP contribution in [0.25, 0.3) is 0 Å². The zero-order chi connectivity index (χ0) is 13.4. The van der Waals surface area contributed by atoms with Crippen molar-refractivity contribution in [2.75, 3.05) is 19.0 Å². The van der Waals surface area contributed by atoms with Crippen LogP contribution in [0.3, 0.4) is 0 Å². The van der Waals surface area contributed by atoms with Crippen molar-refractivity contribution in [3.8, 4) is 6.07 Å². The van der Waals surface area contributed by atoms with Gasteiger partial charge in [-0.25, -0.2) is 8.42 Å². The van der Waals surface area contributed by atoms with Gasteiger partial charge >= 0.3 is 0 Å². The third-order valence-electron chi connectivity index (χ3n) is 2.31. The van der Waals surface area contributed by atoms with Gasteiger partial charge in [-0.3, -0.25) is 0 Å². The molecule has 1 aromatic carbocycles. The Morgan fingerprint density at radius 3 is 2.50 bits per heavy atom. The maximum absolute atomic E-state index is 11.9. The molecule has 0 N–H and O–H groups in total. The van der Waals surface area contributed by atoms with Gasteiger partial charge in [0.15, 0.2) is 9.84 Å². The summed E-state index contributed by atoms with van der Waals surface area (Å²) in [7, 11) is -3.33. The molecule has 0 atom stereocenters. The largest absolute Gasteiger partial charge is 0.380 e. The minimum atomic E-state index is -3.33. The highest BCUT2D eigenvalue weighted by atomic mass is 32.2. The Balaban J connectivity index is 2.57. The average Bonchev–Trinajstić information content (AvgIpc) is 2.38. The summed E-state index contributed by atoms with van der Waals surface area (Å²) >= 11 is 0. The Labute approximate surface area is 107 Å². The van der Waals surface area contributed by atoms with Crippen molar-refractivity contribution in [1.82, 2.24) is 0 Å². The Morgan fingerprint density at radius 2 is 1.94 bits per heavy atom. The number of nitrogens with zero attached hydrogens (tertiary/aromatic N) is 1. The first-order chi connectivity index (χ1) is 8.60. The average molecular weight is 265 g/mol. The van der Waals surface area contributed by atoms with Crippen molar-refractivity contribution in [3.05, 3.63) is 42.5 Å². The molecule has 0 aliphatic rings. The van der Waals surface area contributed by atoms with Crippen LogP contribution in [0.5, 0.6) is 0 Å². The highest BCUT2D eigenvalue weighted by Crippen LogP contribution is 2.12. The molecule has 0 unspecified atom stereocenters. The molecule has 0 radical (unpaired) electrons. The number of hydrogen-bond donors (Lipinski definition) is 0. The summed E-state index contributed by atoms with van der Waals surface area (Å²) in [5.41, 5.74) is 0.441. The van der Waals surface area contributed by atoms with Crippen molar-refractivity contribution >= 4 is 9.84 Å². The van der Waals surface area contributed by atoms with E-state index in [1.807, 2.05) is 6.07 Å². The molecule has 0 heterocycles. The van der Waals surface area contributed by atoms with Crippen molar-refractivity contribution in [1.29, 1.82) is 5.26 Å². The van der Waals surface area contributed by atoms with Gasteiger partial charge in [0.25, 0.3) is 0 Å².